The zero-order chi connectivity index (χ0) is 11.0. The van der Waals surface area contributed by atoms with Crippen LogP contribution in [0.2, 0.25) is 0 Å². The molecule has 0 aromatic carbocycles. The van der Waals surface area contributed by atoms with E-state index in [4.69, 9.17) is 4.74 Å². The normalized spacial score (nSPS) is 13.2. The summed E-state index contributed by atoms with van der Waals surface area (Å²) in [6, 6.07) is 3.62. The lowest BCUT2D eigenvalue weighted by molar-refractivity contribution is 0.478. The average Bonchev–Trinajstić information content (AvgIpc) is 2.55. The van der Waals surface area contributed by atoms with E-state index in [1.54, 1.807) is 24.6 Å². The van der Waals surface area contributed by atoms with Crippen molar-refractivity contribution in [1.29, 1.82) is 0 Å². The fourth-order valence-electron chi connectivity index (χ4n) is 1.59. The standard InChI is InChI=1S/C11H7N3O2/c15-11-9-8(12-5-2-6-16-9)7-3-1-4-13-10(7)14-11/h1-6H,(H,13,14,15). The summed E-state index contributed by atoms with van der Waals surface area (Å²) in [6.07, 6.45) is 6.25. The monoisotopic (exact) mass is 213 g/mol. The summed E-state index contributed by atoms with van der Waals surface area (Å²) in [4.78, 5) is 22.6. The highest BCUT2D eigenvalue weighted by atomic mass is 16.5. The van der Waals surface area contributed by atoms with Gasteiger partial charge in [-0.1, -0.05) is 0 Å². The van der Waals surface area contributed by atoms with E-state index in [2.05, 4.69) is 15.0 Å². The number of hydrogen-bond acceptors (Lipinski definition) is 4. The second kappa shape index (κ2) is 3.30. The lowest BCUT2D eigenvalue weighted by Gasteiger charge is -2.04. The molecule has 0 spiro atoms. The molecule has 3 heterocycles. The number of H-pyrrole nitrogens is 1. The topological polar surface area (TPSA) is 67.3 Å². The Kier molecular flexibility index (Phi) is 1.83. The van der Waals surface area contributed by atoms with Gasteiger partial charge in [0, 0.05) is 17.8 Å². The van der Waals surface area contributed by atoms with Crippen molar-refractivity contribution >= 4 is 22.9 Å². The minimum atomic E-state index is -0.329. The number of aromatic nitrogens is 2. The van der Waals surface area contributed by atoms with Gasteiger partial charge in [-0.2, -0.15) is 0 Å². The molecule has 2 aromatic rings. The van der Waals surface area contributed by atoms with Crippen LogP contribution in [0.4, 0.5) is 5.69 Å². The number of rotatable bonds is 0. The van der Waals surface area contributed by atoms with Gasteiger partial charge in [0.25, 0.3) is 5.56 Å². The van der Waals surface area contributed by atoms with Crippen LogP contribution in [0.1, 0.15) is 0 Å². The van der Waals surface area contributed by atoms with E-state index in [-0.39, 0.29) is 11.3 Å². The molecule has 0 amide bonds. The van der Waals surface area contributed by atoms with Gasteiger partial charge in [0.1, 0.15) is 11.3 Å². The molecule has 3 rings (SSSR count). The van der Waals surface area contributed by atoms with Gasteiger partial charge in [-0.25, -0.2) is 4.98 Å². The van der Waals surface area contributed by atoms with E-state index < -0.39 is 0 Å². The fraction of sp³-hybridized carbons (Fsp3) is 0. The van der Waals surface area contributed by atoms with E-state index in [1.807, 2.05) is 6.07 Å². The van der Waals surface area contributed by atoms with Crippen molar-refractivity contribution < 1.29 is 4.74 Å². The highest BCUT2D eigenvalue weighted by molar-refractivity contribution is 5.93. The predicted octanol–water partition coefficient (Wildman–Crippen LogP) is 1.53. The first-order chi connectivity index (χ1) is 7.86. The number of hydrogen-bond donors (Lipinski definition) is 1. The van der Waals surface area contributed by atoms with Gasteiger partial charge in [-0.3, -0.25) is 9.79 Å². The molecule has 78 valence electrons. The van der Waals surface area contributed by atoms with Crippen LogP contribution in [0.15, 0.2) is 40.5 Å². The third kappa shape index (κ3) is 1.22. The van der Waals surface area contributed by atoms with Crippen LogP contribution >= 0.6 is 0 Å². The highest BCUT2D eigenvalue weighted by Crippen LogP contribution is 2.31. The number of aromatic amines is 1. The van der Waals surface area contributed by atoms with Gasteiger partial charge < -0.3 is 9.72 Å². The van der Waals surface area contributed by atoms with Crippen LogP contribution in [0.3, 0.4) is 0 Å². The molecule has 1 N–H and O–H groups in total. The number of pyridine rings is 2. The van der Waals surface area contributed by atoms with Crippen molar-refractivity contribution in [3.05, 3.63) is 41.0 Å². The number of fused-ring (bicyclic) bond motifs is 3. The number of nitrogens with one attached hydrogen (secondary N) is 1. The molecule has 0 saturated carbocycles. The number of aliphatic imine (C=N–C) groups is 1. The second-order valence-electron chi connectivity index (χ2n) is 3.26. The Balaban J connectivity index is 2.48. The molecule has 0 bridgehead atoms. The van der Waals surface area contributed by atoms with Crippen molar-refractivity contribution in [3.8, 4) is 5.75 Å². The zero-order valence-corrected chi connectivity index (χ0v) is 8.18. The SMILES string of the molecule is O=c1[nH]c2ncccc2c2c1OC=CC=N2. The Morgan fingerprint density at radius 2 is 2.31 bits per heavy atom. The molecule has 0 unspecified atom stereocenters. The molecule has 0 radical (unpaired) electrons. The summed E-state index contributed by atoms with van der Waals surface area (Å²) >= 11 is 0. The Bertz CT molecular complexity index is 670. The van der Waals surface area contributed by atoms with E-state index in [1.165, 1.54) is 6.26 Å². The van der Waals surface area contributed by atoms with Crippen molar-refractivity contribution in [1.82, 2.24) is 9.97 Å². The molecule has 5 heteroatoms. The Morgan fingerprint density at radius 1 is 1.38 bits per heavy atom. The third-order valence-electron chi connectivity index (χ3n) is 2.27. The van der Waals surface area contributed by atoms with Gasteiger partial charge in [-0.15, -0.1) is 0 Å². The summed E-state index contributed by atoms with van der Waals surface area (Å²) < 4.78 is 5.21. The predicted molar refractivity (Wildman–Crippen MR) is 60.3 cm³/mol. The Hall–Kier alpha value is -2.43. The van der Waals surface area contributed by atoms with Gasteiger partial charge in [-0.05, 0) is 18.2 Å². The van der Waals surface area contributed by atoms with Crippen LogP contribution in [0.5, 0.6) is 5.75 Å². The second-order valence-corrected chi connectivity index (χ2v) is 3.26. The summed E-state index contributed by atoms with van der Waals surface area (Å²) in [5.41, 5.74) is 0.690. The number of allylic oxidation sites excluding steroid dienone is 1. The molecular formula is C11H7N3O2. The van der Waals surface area contributed by atoms with Crippen LogP contribution in [-0.4, -0.2) is 16.2 Å². The zero-order valence-electron chi connectivity index (χ0n) is 8.18. The molecular weight excluding hydrogens is 206 g/mol. The van der Waals surface area contributed by atoms with E-state index >= 15 is 0 Å². The average molecular weight is 213 g/mol. The first-order valence-electron chi connectivity index (χ1n) is 4.73. The van der Waals surface area contributed by atoms with Gasteiger partial charge in [0.2, 0.25) is 5.75 Å². The molecule has 0 atom stereocenters. The first kappa shape index (κ1) is 8.84. The largest absolute Gasteiger partial charge is 0.457 e. The Morgan fingerprint density at radius 3 is 3.25 bits per heavy atom. The molecule has 16 heavy (non-hydrogen) atoms. The molecule has 1 aliphatic rings. The smallest absolute Gasteiger partial charge is 0.294 e. The summed E-state index contributed by atoms with van der Waals surface area (Å²) in [7, 11) is 0. The van der Waals surface area contributed by atoms with Gasteiger partial charge in [0.05, 0.1) is 6.26 Å². The lowest BCUT2D eigenvalue weighted by Crippen LogP contribution is -2.09. The van der Waals surface area contributed by atoms with E-state index in [0.29, 0.717) is 11.3 Å². The summed E-state index contributed by atoms with van der Waals surface area (Å²) in [5, 5.41) is 0.761. The van der Waals surface area contributed by atoms with Crippen LogP contribution in [-0.2, 0) is 0 Å². The van der Waals surface area contributed by atoms with E-state index in [0.717, 1.165) is 5.39 Å². The van der Waals surface area contributed by atoms with Crippen molar-refractivity contribution in [2.24, 2.45) is 4.99 Å². The minimum Gasteiger partial charge on any atom is -0.457 e. The molecule has 2 aromatic heterocycles. The maximum Gasteiger partial charge on any atom is 0.294 e. The number of nitrogens with zero attached hydrogens (tertiary/aromatic N) is 2. The summed E-state index contributed by atoms with van der Waals surface area (Å²) in [5.74, 6) is 0.200. The van der Waals surface area contributed by atoms with Gasteiger partial charge >= 0.3 is 0 Å². The highest BCUT2D eigenvalue weighted by Gasteiger charge is 2.13. The van der Waals surface area contributed by atoms with Crippen molar-refractivity contribution in [2.75, 3.05) is 0 Å². The van der Waals surface area contributed by atoms with Crippen LogP contribution < -0.4 is 10.3 Å². The van der Waals surface area contributed by atoms with Gasteiger partial charge in [0.15, 0.2) is 0 Å². The van der Waals surface area contributed by atoms with Crippen LogP contribution in [0, 0.1) is 0 Å². The molecule has 0 fully saturated rings. The maximum atomic E-state index is 11.7. The molecule has 0 saturated heterocycles. The fourth-order valence-corrected chi connectivity index (χ4v) is 1.59. The van der Waals surface area contributed by atoms with Crippen molar-refractivity contribution in [3.63, 3.8) is 0 Å². The third-order valence-corrected chi connectivity index (χ3v) is 2.27. The first-order valence-corrected chi connectivity index (χ1v) is 4.73. The molecule has 5 nitrogen and oxygen atoms in total. The minimum absolute atomic E-state index is 0.200. The Labute approximate surface area is 90.1 Å². The number of ether oxygens (including phenoxy) is 1. The van der Waals surface area contributed by atoms with E-state index in [9.17, 15) is 4.79 Å². The summed E-state index contributed by atoms with van der Waals surface area (Å²) in [6.45, 7) is 0. The quantitative estimate of drug-likeness (QED) is 0.721. The molecule has 1 aliphatic heterocycles. The molecule has 0 aliphatic carbocycles. The maximum absolute atomic E-state index is 11.7. The lowest BCUT2D eigenvalue weighted by atomic mass is 10.2. The van der Waals surface area contributed by atoms with Crippen LogP contribution in [0.25, 0.3) is 11.0 Å². The van der Waals surface area contributed by atoms with Crippen molar-refractivity contribution in [2.45, 2.75) is 0 Å².